The summed E-state index contributed by atoms with van der Waals surface area (Å²) in [4.78, 5) is 16.9. The van der Waals surface area contributed by atoms with Crippen molar-refractivity contribution in [3.05, 3.63) is 64.2 Å². The van der Waals surface area contributed by atoms with Crippen LogP contribution < -0.4 is 10.6 Å². The lowest BCUT2D eigenvalue weighted by atomic mass is 10.1. The summed E-state index contributed by atoms with van der Waals surface area (Å²) < 4.78 is 0. The van der Waals surface area contributed by atoms with Crippen molar-refractivity contribution in [2.75, 3.05) is 26.0 Å². The van der Waals surface area contributed by atoms with Crippen LogP contribution in [0.4, 0.5) is 10.5 Å². The number of thiophene rings is 2. The summed E-state index contributed by atoms with van der Waals surface area (Å²) in [5, 5.41) is 10.1. The Kier molecular flexibility index (Phi) is 5.86. The Morgan fingerprint density at radius 3 is 2.48 bits per heavy atom. The van der Waals surface area contributed by atoms with E-state index in [1.807, 2.05) is 55.9 Å². The van der Waals surface area contributed by atoms with Crippen molar-refractivity contribution < 1.29 is 4.79 Å². The van der Waals surface area contributed by atoms with Crippen LogP contribution in [0, 0.1) is 0 Å². The molecule has 4 nitrogen and oxygen atoms in total. The molecule has 3 aromatic rings. The van der Waals surface area contributed by atoms with Gasteiger partial charge in [-0.1, -0.05) is 30.3 Å². The van der Waals surface area contributed by atoms with E-state index >= 15 is 0 Å². The Morgan fingerprint density at radius 2 is 1.80 bits per heavy atom. The summed E-state index contributed by atoms with van der Waals surface area (Å²) in [5.41, 5.74) is 1.86. The Hall–Kier alpha value is -2.15. The van der Waals surface area contributed by atoms with E-state index in [0.29, 0.717) is 6.54 Å². The highest BCUT2D eigenvalue weighted by atomic mass is 32.1. The van der Waals surface area contributed by atoms with Gasteiger partial charge >= 0.3 is 6.03 Å². The first-order chi connectivity index (χ1) is 12.1. The second kappa shape index (κ2) is 8.29. The minimum Gasteiger partial charge on any atom is -0.336 e. The van der Waals surface area contributed by atoms with Crippen LogP contribution in [0.1, 0.15) is 10.9 Å². The van der Waals surface area contributed by atoms with Crippen LogP contribution in [0.5, 0.6) is 0 Å². The van der Waals surface area contributed by atoms with Crippen molar-refractivity contribution in [1.82, 2.24) is 10.2 Å². The predicted molar refractivity (Wildman–Crippen MR) is 108 cm³/mol. The summed E-state index contributed by atoms with van der Waals surface area (Å²) in [6.07, 6.45) is 0. The van der Waals surface area contributed by atoms with E-state index in [9.17, 15) is 4.79 Å². The summed E-state index contributed by atoms with van der Waals surface area (Å²) >= 11 is 3.36. The van der Waals surface area contributed by atoms with Gasteiger partial charge in [-0.05, 0) is 43.1 Å². The highest BCUT2D eigenvalue weighted by molar-refractivity contribution is 7.13. The molecule has 2 amide bonds. The van der Waals surface area contributed by atoms with E-state index in [-0.39, 0.29) is 12.1 Å². The zero-order chi connectivity index (χ0) is 17.6. The van der Waals surface area contributed by atoms with E-state index in [1.165, 1.54) is 4.88 Å². The largest absolute Gasteiger partial charge is 0.336 e. The van der Waals surface area contributed by atoms with Crippen LogP contribution in [-0.4, -0.2) is 31.6 Å². The third-order valence-corrected chi connectivity index (χ3v) is 5.79. The normalized spacial score (nSPS) is 12.1. The summed E-state index contributed by atoms with van der Waals surface area (Å²) in [5.74, 6) is 0. The smallest absolute Gasteiger partial charge is 0.319 e. The molecule has 0 fully saturated rings. The van der Waals surface area contributed by atoms with Crippen LogP contribution in [-0.2, 0) is 0 Å². The third kappa shape index (κ3) is 4.48. The highest BCUT2D eigenvalue weighted by Crippen LogP contribution is 2.31. The lowest BCUT2D eigenvalue weighted by Crippen LogP contribution is -2.36. The van der Waals surface area contributed by atoms with Crippen molar-refractivity contribution in [3.63, 3.8) is 0 Å². The van der Waals surface area contributed by atoms with Gasteiger partial charge < -0.3 is 15.5 Å². The average Bonchev–Trinajstić information content (AvgIpc) is 3.29. The van der Waals surface area contributed by atoms with Crippen molar-refractivity contribution >= 4 is 34.4 Å². The molecule has 0 radical (unpaired) electrons. The molecule has 0 aliphatic rings. The van der Waals surface area contributed by atoms with Crippen molar-refractivity contribution in [2.45, 2.75) is 6.04 Å². The average molecular weight is 372 g/mol. The number of urea groups is 1. The molecule has 2 N–H and O–H groups in total. The summed E-state index contributed by atoms with van der Waals surface area (Å²) in [6.45, 7) is 0.556. The second-order valence-corrected chi connectivity index (χ2v) is 7.78. The van der Waals surface area contributed by atoms with Gasteiger partial charge in [-0.2, -0.15) is 0 Å². The summed E-state index contributed by atoms with van der Waals surface area (Å²) in [7, 11) is 4.05. The van der Waals surface area contributed by atoms with Crippen LogP contribution in [0.3, 0.4) is 0 Å². The van der Waals surface area contributed by atoms with Gasteiger partial charge in [0, 0.05) is 21.9 Å². The quantitative estimate of drug-likeness (QED) is 0.647. The first kappa shape index (κ1) is 17.7. The first-order valence-corrected chi connectivity index (χ1v) is 9.78. The number of carbonyl (C=O) groups excluding carboxylic acids is 1. The molecular formula is C19H21N3OS2. The first-order valence-electron chi connectivity index (χ1n) is 8.02. The Balaban J connectivity index is 1.65. The van der Waals surface area contributed by atoms with Gasteiger partial charge in [0.1, 0.15) is 0 Å². The molecule has 130 valence electrons. The zero-order valence-electron chi connectivity index (χ0n) is 14.2. The van der Waals surface area contributed by atoms with Crippen molar-refractivity contribution in [2.24, 2.45) is 0 Å². The minimum atomic E-state index is -0.188. The fourth-order valence-corrected chi connectivity index (χ4v) is 4.30. The molecule has 0 saturated heterocycles. The second-order valence-electron chi connectivity index (χ2n) is 5.85. The Labute approximate surface area is 156 Å². The standard InChI is InChI=1S/C19H21N3OS2/c1-22(2)16(18-10-6-12-25-18)13-20-19(23)21-15-8-4-3-7-14(15)17-9-5-11-24-17/h3-12,16H,13H2,1-2H3,(H2,20,21,23). The van der Waals surface area contributed by atoms with Gasteiger partial charge in [-0.25, -0.2) is 4.79 Å². The number of rotatable bonds is 6. The van der Waals surface area contributed by atoms with E-state index in [0.717, 1.165) is 16.1 Å². The van der Waals surface area contributed by atoms with E-state index in [2.05, 4.69) is 33.0 Å². The number of carbonyl (C=O) groups is 1. The molecule has 2 aromatic heterocycles. The maximum Gasteiger partial charge on any atom is 0.319 e. The number of hydrogen-bond donors (Lipinski definition) is 2. The maximum absolute atomic E-state index is 12.4. The fraction of sp³-hybridized carbons (Fsp3) is 0.211. The molecule has 1 unspecified atom stereocenters. The molecule has 0 spiro atoms. The lowest BCUT2D eigenvalue weighted by molar-refractivity contribution is 0.244. The minimum absolute atomic E-state index is 0.165. The summed E-state index contributed by atoms with van der Waals surface area (Å²) in [6, 6.07) is 16.0. The molecule has 25 heavy (non-hydrogen) atoms. The molecule has 3 rings (SSSR count). The number of hydrogen-bond acceptors (Lipinski definition) is 4. The fourth-order valence-electron chi connectivity index (χ4n) is 2.61. The van der Waals surface area contributed by atoms with Gasteiger partial charge in [-0.15, -0.1) is 22.7 Å². The monoisotopic (exact) mass is 371 g/mol. The molecular weight excluding hydrogens is 350 g/mol. The van der Waals surface area contributed by atoms with E-state index in [1.54, 1.807) is 22.7 Å². The van der Waals surface area contributed by atoms with Gasteiger partial charge in [0.15, 0.2) is 0 Å². The van der Waals surface area contributed by atoms with Crippen molar-refractivity contribution in [3.8, 4) is 10.4 Å². The third-order valence-electron chi connectivity index (χ3n) is 3.91. The maximum atomic E-state index is 12.4. The van der Waals surface area contributed by atoms with Crippen LogP contribution in [0.2, 0.25) is 0 Å². The Morgan fingerprint density at radius 1 is 1.04 bits per heavy atom. The van der Waals surface area contributed by atoms with Gasteiger partial charge in [-0.3, -0.25) is 0 Å². The lowest BCUT2D eigenvalue weighted by Gasteiger charge is -2.23. The van der Waals surface area contributed by atoms with Gasteiger partial charge in [0.25, 0.3) is 0 Å². The number of nitrogens with one attached hydrogen (secondary N) is 2. The van der Waals surface area contributed by atoms with E-state index < -0.39 is 0 Å². The number of amides is 2. The SMILES string of the molecule is CN(C)C(CNC(=O)Nc1ccccc1-c1cccs1)c1cccs1. The van der Waals surface area contributed by atoms with Gasteiger partial charge in [0.05, 0.1) is 11.7 Å². The zero-order valence-corrected chi connectivity index (χ0v) is 15.9. The molecule has 0 bridgehead atoms. The molecule has 1 atom stereocenters. The number of anilines is 1. The van der Waals surface area contributed by atoms with Crippen LogP contribution >= 0.6 is 22.7 Å². The Bertz CT molecular complexity index is 798. The molecule has 0 aliphatic carbocycles. The van der Waals surface area contributed by atoms with Crippen LogP contribution in [0.25, 0.3) is 10.4 Å². The van der Waals surface area contributed by atoms with Crippen LogP contribution in [0.15, 0.2) is 59.3 Å². The topological polar surface area (TPSA) is 44.4 Å². The highest BCUT2D eigenvalue weighted by Gasteiger charge is 2.16. The molecule has 2 heterocycles. The molecule has 1 aromatic carbocycles. The molecule has 0 aliphatic heterocycles. The number of benzene rings is 1. The van der Waals surface area contributed by atoms with Crippen molar-refractivity contribution in [1.29, 1.82) is 0 Å². The predicted octanol–water partition coefficient (Wildman–Crippen LogP) is 4.90. The van der Waals surface area contributed by atoms with Gasteiger partial charge in [0.2, 0.25) is 0 Å². The molecule has 6 heteroatoms. The number of likely N-dealkylation sites (N-methyl/N-ethyl adjacent to an activating group) is 1. The molecule has 0 saturated carbocycles. The number of para-hydroxylation sites is 1. The number of nitrogens with zero attached hydrogens (tertiary/aromatic N) is 1. The van der Waals surface area contributed by atoms with E-state index in [4.69, 9.17) is 0 Å².